The number of nitrogens with zero attached hydrogens (tertiary/aromatic N) is 2. The van der Waals surface area contributed by atoms with Crippen molar-refractivity contribution >= 4 is 23.1 Å². The lowest BCUT2D eigenvalue weighted by Crippen LogP contribution is -2.43. The second kappa shape index (κ2) is 4.52. The Hall–Kier alpha value is -1.56. The molecule has 1 atom stereocenters. The predicted molar refractivity (Wildman–Crippen MR) is 61.8 cm³/mol. The number of carbonyl (C=O) groups excluding carboxylic acids is 1. The zero-order valence-corrected chi connectivity index (χ0v) is 9.48. The summed E-state index contributed by atoms with van der Waals surface area (Å²) in [4.78, 5) is 14.4. The highest BCUT2D eigenvalue weighted by Crippen LogP contribution is 2.22. The maximum absolute atomic E-state index is 12.1. The fraction of sp³-hybridized carbons (Fsp3) is 0.400. The van der Waals surface area contributed by atoms with Gasteiger partial charge >= 0.3 is 0 Å². The third kappa shape index (κ3) is 1.88. The van der Waals surface area contributed by atoms with Crippen LogP contribution in [0.25, 0.3) is 0 Å². The highest BCUT2D eigenvalue weighted by Gasteiger charge is 2.32. The lowest BCUT2D eigenvalue weighted by Gasteiger charge is -2.22. The van der Waals surface area contributed by atoms with Crippen LogP contribution < -0.4 is 5.73 Å². The van der Waals surface area contributed by atoms with Crippen LogP contribution in [0.15, 0.2) is 22.7 Å². The predicted octanol–water partition coefficient (Wildman–Crippen LogP) is 1.10. The first-order chi connectivity index (χ1) is 7.74. The summed E-state index contributed by atoms with van der Waals surface area (Å²) in [6.45, 7) is 0.664. The third-order valence-electron chi connectivity index (χ3n) is 2.70. The van der Waals surface area contributed by atoms with E-state index in [1.165, 1.54) is 11.3 Å². The molecule has 0 aromatic carbocycles. The minimum absolute atomic E-state index is 0.0379. The van der Waals surface area contributed by atoms with E-state index in [0.717, 1.165) is 12.8 Å². The first-order valence-corrected chi connectivity index (χ1v) is 5.94. The molecule has 0 spiro atoms. The molecule has 6 heteroatoms. The zero-order valence-electron chi connectivity index (χ0n) is 8.67. The van der Waals surface area contributed by atoms with Crippen molar-refractivity contribution in [2.24, 2.45) is 10.9 Å². The van der Waals surface area contributed by atoms with Crippen LogP contribution >= 0.6 is 11.3 Å². The molecule has 1 amide bonds. The van der Waals surface area contributed by atoms with E-state index in [9.17, 15) is 4.79 Å². The van der Waals surface area contributed by atoms with Crippen LogP contribution in [0.5, 0.6) is 0 Å². The molecule has 1 aliphatic heterocycles. The summed E-state index contributed by atoms with van der Waals surface area (Å²) in [6, 6.07) is 3.36. The lowest BCUT2D eigenvalue weighted by molar-refractivity contribution is 0.0772. The number of carbonyl (C=O) groups is 1. The smallest absolute Gasteiger partial charge is 0.264 e. The number of thiophene rings is 1. The molecule has 1 aromatic heterocycles. The van der Waals surface area contributed by atoms with Crippen molar-refractivity contribution in [2.45, 2.75) is 18.9 Å². The summed E-state index contributed by atoms with van der Waals surface area (Å²) in [5.41, 5.74) is 5.57. The van der Waals surface area contributed by atoms with E-state index in [-0.39, 0.29) is 17.8 Å². The standard InChI is InChI=1S/C10H13N3O2S/c11-9(12-15)7-3-1-5-13(7)10(14)8-4-2-6-16-8/h2,4,6-7,15H,1,3,5H2,(H2,11,12). The van der Waals surface area contributed by atoms with E-state index in [1.54, 1.807) is 11.0 Å². The Morgan fingerprint density at radius 3 is 3.12 bits per heavy atom. The second-order valence-corrected chi connectivity index (χ2v) is 4.61. The van der Waals surface area contributed by atoms with Gasteiger partial charge in [0.1, 0.15) is 0 Å². The summed E-state index contributed by atoms with van der Waals surface area (Å²) in [5.74, 6) is 0.0755. The maximum Gasteiger partial charge on any atom is 0.264 e. The molecule has 1 aliphatic rings. The fourth-order valence-electron chi connectivity index (χ4n) is 1.93. The van der Waals surface area contributed by atoms with Crippen LogP contribution in [-0.4, -0.2) is 34.4 Å². The molecule has 1 unspecified atom stereocenters. The zero-order chi connectivity index (χ0) is 11.5. The van der Waals surface area contributed by atoms with E-state index in [0.29, 0.717) is 11.4 Å². The molecule has 1 saturated heterocycles. The van der Waals surface area contributed by atoms with Crippen LogP contribution in [0.1, 0.15) is 22.5 Å². The summed E-state index contributed by atoms with van der Waals surface area (Å²) in [5, 5.41) is 13.5. The minimum atomic E-state index is -0.264. The Bertz CT molecular complexity index is 402. The third-order valence-corrected chi connectivity index (χ3v) is 3.56. The molecular weight excluding hydrogens is 226 g/mol. The van der Waals surface area contributed by atoms with Gasteiger partial charge in [0.25, 0.3) is 5.91 Å². The Morgan fingerprint density at radius 1 is 1.69 bits per heavy atom. The molecule has 5 nitrogen and oxygen atoms in total. The number of amidine groups is 1. The first-order valence-electron chi connectivity index (χ1n) is 5.06. The quantitative estimate of drug-likeness (QED) is 0.351. The van der Waals surface area contributed by atoms with Crippen molar-refractivity contribution < 1.29 is 10.0 Å². The van der Waals surface area contributed by atoms with Crippen molar-refractivity contribution in [3.05, 3.63) is 22.4 Å². The number of nitrogens with two attached hydrogens (primary N) is 1. The SMILES string of the molecule is NC(=NO)C1CCCN1C(=O)c1cccs1. The van der Waals surface area contributed by atoms with Gasteiger partial charge in [-0.05, 0) is 24.3 Å². The first kappa shape index (κ1) is 10.9. The normalized spacial score (nSPS) is 21.4. The Morgan fingerprint density at radius 2 is 2.50 bits per heavy atom. The molecule has 0 radical (unpaired) electrons. The fourth-order valence-corrected chi connectivity index (χ4v) is 2.60. The van der Waals surface area contributed by atoms with Gasteiger partial charge in [0.15, 0.2) is 5.84 Å². The molecule has 2 rings (SSSR count). The van der Waals surface area contributed by atoms with Gasteiger partial charge < -0.3 is 15.8 Å². The van der Waals surface area contributed by atoms with Gasteiger partial charge in [-0.2, -0.15) is 0 Å². The monoisotopic (exact) mass is 239 g/mol. The van der Waals surface area contributed by atoms with Crippen LogP contribution in [0.2, 0.25) is 0 Å². The molecule has 0 bridgehead atoms. The largest absolute Gasteiger partial charge is 0.409 e. The number of rotatable bonds is 2. The number of oxime groups is 1. The van der Waals surface area contributed by atoms with Crippen LogP contribution in [0.4, 0.5) is 0 Å². The van der Waals surface area contributed by atoms with E-state index in [1.807, 2.05) is 11.4 Å². The van der Waals surface area contributed by atoms with E-state index in [4.69, 9.17) is 10.9 Å². The van der Waals surface area contributed by atoms with Gasteiger partial charge in [0.05, 0.1) is 10.9 Å². The molecule has 0 saturated carbocycles. The second-order valence-electron chi connectivity index (χ2n) is 3.66. The Kier molecular flexibility index (Phi) is 3.09. The molecule has 3 N–H and O–H groups in total. The molecule has 86 valence electrons. The van der Waals surface area contributed by atoms with Crippen molar-refractivity contribution in [1.29, 1.82) is 0 Å². The number of amides is 1. The molecule has 1 aromatic rings. The van der Waals surface area contributed by atoms with Gasteiger partial charge in [-0.3, -0.25) is 4.79 Å². The van der Waals surface area contributed by atoms with Crippen molar-refractivity contribution in [1.82, 2.24) is 4.90 Å². The summed E-state index contributed by atoms with van der Waals surface area (Å²) in [6.07, 6.45) is 1.64. The van der Waals surface area contributed by atoms with Crippen LogP contribution in [0.3, 0.4) is 0 Å². The van der Waals surface area contributed by atoms with E-state index >= 15 is 0 Å². The summed E-state index contributed by atoms with van der Waals surface area (Å²) >= 11 is 1.40. The van der Waals surface area contributed by atoms with Gasteiger partial charge in [-0.15, -0.1) is 11.3 Å². The summed E-state index contributed by atoms with van der Waals surface area (Å²) in [7, 11) is 0. The Labute approximate surface area is 97.2 Å². The summed E-state index contributed by atoms with van der Waals surface area (Å²) < 4.78 is 0. The average molecular weight is 239 g/mol. The van der Waals surface area contributed by atoms with Crippen molar-refractivity contribution in [2.75, 3.05) is 6.54 Å². The molecule has 16 heavy (non-hydrogen) atoms. The number of hydrogen-bond acceptors (Lipinski definition) is 4. The van der Waals surface area contributed by atoms with E-state index < -0.39 is 0 Å². The topological polar surface area (TPSA) is 78.9 Å². The minimum Gasteiger partial charge on any atom is -0.409 e. The molecular formula is C10H13N3O2S. The molecule has 1 fully saturated rings. The lowest BCUT2D eigenvalue weighted by atomic mass is 10.2. The highest BCUT2D eigenvalue weighted by atomic mass is 32.1. The average Bonchev–Trinajstić information content (AvgIpc) is 2.97. The molecule has 0 aliphatic carbocycles. The van der Waals surface area contributed by atoms with Gasteiger partial charge in [-0.25, -0.2) is 0 Å². The van der Waals surface area contributed by atoms with Gasteiger partial charge in [-0.1, -0.05) is 11.2 Å². The maximum atomic E-state index is 12.1. The van der Waals surface area contributed by atoms with Crippen molar-refractivity contribution in [3.63, 3.8) is 0 Å². The van der Waals surface area contributed by atoms with Gasteiger partial charge in [0.2, 0.25) is 0 Å². The molecule has 2 heterocycles. The van der Waals surface area contributed by atoms with Gasteiger partial charge in [0, 0.05) is 6.54 Å². The van der Waals surface area contributed by atoms with Crippen LogP contribution in [0, 0.1) is 0 Å². The van der Waals surface area contributed by atoms with Crippen molar-refractivity contribution in [3.8, 4) is 0 Å². The van der Waals surface area contributed by atoms with E-state index in [2.05, 4.69) is 5.16 Å². The number of likely N-dealkylation sites (tertiary alicyclic amines) is 1. The van der Waals surface area contributed by atoms with Crippen LogP contribution in [-0.2, 0) is 0 Å². The Balaban J connectivity index is 2.18. The highest BCUT2D eigenvalue weighted by molar-refractivity contribution is 7.12. The number of hydrogen-bond donors (Lipinski definition) is 2.